The number of hydrogen-bond acceptors (Lipinski definition) is 5. The Balaban J connectivity index is 0.000000322. The zero-order valence-electron chi connectivity index (χ0n) is 13.8. The predicted octanol–water partition coefficient (Wildman–Crippen LogP) is 2.49. The van der Waals surface area contributed by atoms with Crippen molar-refractivity contribution in [3.63, 3.8) is 0 Å². The lowest BCUT2D eigenvalue weighted by Gasteiger charge is -1.95. The molecule has 26 heavy (non-hydrogen) atoms. The van der Waals surface area contributed by atoms with E-state index in [0.717, 1.165) is 0 Å². The second-order valence-electron chi connectivity index (χ2n) is 4.29. The third-order valence-electron chi connectivity index (χ3n) is 2.04. The minimum absolute atomic E-state index is 1.09. The van der Waals surface area contributed by atoms with Gasteiger partial charge in [-0.1, -0.05) is 18.2 Å². The first kappa shape index (κ1) is 23.1. The molecule has 0 unspecified atom stereocenters. The first-order valence-corrected chi connectivity index (χ1v) is 9.03. The lowest BCUT2D eigenvalue weighted by atomic mass is 10.5. The van der Waals surface area contributed by atoms with Gasteiger partial charge in [0, 0.05) is 37.2 Å². The number of carboxylic acid groups (broad SMARTS) is 1. The van der Waals surface area contributed by atoms with Crippen LogP contribution in [0, 0.1) is 0 Å². The summed E-state index contributed by atoms with van der Waals surface area (Å²) in [5.41, 5.74) is 0. The molecule has 3 rings (SSSR count). The summed E-state index contributed by atoms with van der Waals surface area (Å²) in [6.45, 7) is 0. The molecule has 8 nitrogen and oxygen atoms in total. The fraction of sp³-hybridized carbons (Fsp3) is 0.0588. The van der Waals surface area contributed by atoms with Crippen LogP contribution in [-0.4, -0.2) is 42.0 Å². The van der Waals surface area contributed by atoms with Crippen molar-refractivity contribution in [3.8, 4) is 0 Å². The molecule has 3 N–H and O–H groups in total. The molecule has 0 amide bonds. The van der Waals surface area contributed by atoms with Gasteiger partial charge in [-0.25, -0.2) is 0 Å². The molecular weight excluding hydrogens is 357 g/mol. The van der Waals surface area contributed by atoms with E-state index in [1.807, 2.05) is 54.6 Å². The van der Waals surface area contributed by atoms with E-state index in [1.165, 1.54) is 0 Å². The molecule has 0 aromatic carbocycles. The standard InChI is InChI=1S/3C5H5N.C2H5O5P/c3*1-2-4-6-5-3-1;3-2(4)1-8(5,6)7/h3*1-5H;1H2,(H,3,4)(H2,5,6,7). The number of aliphatic carboxylic acids is 1. The van der Waals surface area contributed by atoms with Gasteiger partial charge < -0.3 is 14.9 Å². The van der Waals surface area contributed by atoms with Crippen LogP contribution in [0.15, 0.2) is 91.8 Å². The molecule has 0 spiro atoms. The first-order chi connectivity index (χ1) is 12.4. The van der Waals surface area contributed by atoms with E-state index in [9.17, 15) is 9.36 Å². The fourth-order valence-corrected chi connectivity index (χ4v) is 1.47. The van der Waals surface area contributed by atoms with Gasteiger partial charge in [-0.3, -0.25) is 24.3 Å². The van der Waals surface area contributed by atoms with E-state index in [2.05, 4.69) is 15.0 Å². The number of nitrogens with zero attached hydrogens (tertiary/aromatic N) is 3. The second kappa shape index (κ2) is 15.6. The van der Waals surface area contributed by atoms with E-state index >= 15 is 0 Å². The van der Waals surface area contributed by atoms with Gasteiger partial charge in [0.1, 0.15) is 6.16 Å². The largest absolute Gasteiger partial charge is 0.481 e. The second-order valence-corrected chi connectivity index (χ2v) is 5.94. The summed E-state index contributed by atoms with van der Waals surface area (Å²) in [6, 6.07) is 17.1. The van der Waals surface area contributed by atoms with E-state index in [4.69, 9.17) is 14.9 Å². The highest BCUT2D eigenvalue weighted by molar-refractivity contribution is 7.52. The highest BCUT2D eigenvalue weighted by atomic mass is 31.2. The van der Waals surface area contributed by atoms with Crippen LogP contribution in [0.3, 0.4) is 0 Å². The molecule has 0 aliphatic heterocycles. The van der Waals surface area contributed by atoms with Gasteiger partial charge in [0.15, 0.2) is 0 Å². The molecule has 3 aromatic heterocycles. The van der Waals surface area contributed by atoms with E-state index < -0.39 is 19.7 Å². The zero-order chi connectivity index (χ0) is 19.5. The maximum atomic E-state index is 9.76. The lowest BCUT2D eigenvalue weighted by Crippen LogP contribution is -2.01. The predicted molar refractivity (Wildman–Crippen MR) is 97.3 cm³/mol. The lowest BCUT2D eigenvalue weighted by molar-refractivity contribution is -0.134. The Morgan fingerprint density at radius 1 is 0.654 bits per heavy atom. The number of pyridine rings is 3. The van der Waals surface area contributed by atoms with Crippen LogP contribution in [0.1, 0.15) is 0 Å². The molecule has 0 atom stereocenters. The number of carboxylic acids is 1. The highest BCUT2D eigenvalue weighted by Gasteiger charge is 2.17. The minimum atomic E-state index is -4.32. The third-order valence-corrected chi connectivity index (χ3v) is 2.72. The van der Waals surface area contributed by atoms with Gasteiger partial charge >= 0.3 is 13.6 Å². The molecule has 0 fully saturated rings. The summed E-state index contributed by atoms with van der Waals surface area (Å²) in [5, 5.41) is 7.76. The molecule has 0 aliphatic carbocycles. The third kappa shape index (κ3) is 21.1. The molecule has 138 valence electrons. The Hall–Kier alpha value is -2.93. The smallest absolute Gasteiger partial charge is 0.336 e. The topological polar surface area (TPSA) is 134 Å². The maximum Gasteiger partial charge on any atom is 0.336 e. The maximum absolute atomic E-state index is 9.76. The van der Waals surface area contributed by atoms with Crippen molar-refractivity contribution in [1.82, 2.24) is 15.0 Å². The van der Waals surface area contributed by atoms with Crippen LogP contribution < -0.4 is 0 Å². The average molecular weight is 377 g/mol. The number of hydrogen-bond donors (Lipinski definition) is 3. The fourth-order valence-electron chi connectivity index (χ4n) is 1.11. The highest BCUT2D eigenvalue weighted by Crippen LogP contribution is 2.33. The summed E-state index contributed by atoms with van der Waals surface area (Å²) >= 11 is 0. The number of aromatic nitrogens is 3. The molecule has 3 aromatic rings. The van der Waals surface area contributed by atoms with E-state index in [1.54, 1.807) is 37.2 Å². The quantitative estimate of drug-likeness (QED) is 0.580. The van der Waals surface area contributed by atoms with Crippen molar-refractivity contribution < 1.29 is 24.3 Å². The van der Waals surface area contributed by atoms with Crippen LogP contribution in [0.5, 0.6) is 0 Å². The molecule has 0 saturated carbocycles. The van der Waals surface area contributed by atoms with Crippen molar-refractivity contribution in [2.45, 2.75) is 0 Å². The Bertz CT molecular complexity index is 557. The van der Waals surface area contributed by atoms with Crippen LogP contribution in [0.4, 0.5) is 0 Å². The van der Waals surface area contributed by atoms with Crippen molar-refractivity contribution in [1.29, 1.82) is 0 Å². The normalized spacial score (nSPS) is 9.00. The van der Waals surface area contributed by atoms with Crippen LogP contribution in [0.25, 0.3) is 0 Å². The Kier molecular flexibility index (Phi) is 13.8. The Morgan fingerprint density at radius 3 is 0.962 bits per heavy atom. The van der Waals surface area contributed by atoms with E-state index in [0.29, 0.717) is 0 Å². The average Bonchev–Trinajstić information content (AvgIpc) is 2.65. The Labute approximate surface area is 151 Å². The van der Waals surface area contributed by atoms with E-state index in [-0.39, 0.29) is 0 Å². The van der Waals surface area contributed by atoms with Crippen molar-refractivity contribution in [2.75, 3.05) is 6.16 Å². The van der Waals surface area contributed by atoms with Crippen LogP contribution in [-0.2, 0) is 9.36 Å². The summed E-state index contributed by atoms with van der Waals surface area (Å²) in [5.74, 6) is -1.49. The summed E-state index contributed by atoms with van der Waals surface area (Å²) < 4.78 is 9.76. The van der Waals surface area contributed by atoms with Crippen molar-refractivity contribution in [3.05, 3.63) is 91.8 Å². The Morgan fingerprint density at radius 2 is 0.923 bits per heavy atom. The van der Waals surface area contributed by atoms with Gasteiger partial charge in [-0.05, 0) is 36.4 Å². The molecule has 0 saturated heterocycles. The van der Waals surface area contributed by atoms with Gasteiger partial charge in [0.25, 0.3) is 0 Å². The van der Waals surface area contributed by atoms with Crippen molar-refractivity contribution in [2.24, 2.45) is 0 Å². The van der Waals surface area contributed by atoms with Gasteiger partial charge in [0.05, 0.1) is 0 Å². The summed E-state index contributed by atoms with van der Waals surface area (Å²) in [6.07, 6.45) is 9.41. The monoisotopic (exact) mass is 377 g/mol. The molecule has 0 radical (unpaired) electrons. The van der Waals surface area contributed by atoms with Crippen molar-refractivity contribution >= 4 is 13.6 Å². The van der Waals surface area contributed by atoms with Gasteiger partial charge in [0.2, 0.25) is 0 Å². The SMILES string of the molecule is O=C(O)CP(=O)(O)O.c1ccncc1.c1ccncc1.c1ccncc1. The number of carbonyl (C=O) groups is 1. The van der Waals surface area contributed by atoms with Gasteiger partial charge in [-0.2, -0.15) is 0 Å². The zero-order valence-corrected chi connectivity index (χ0v) is 14.7. The summed E-state index contributed by atoms with van der Waals surface area (Å²) in [4.78, 5) is 36.7. The molecule has 0 bridgehead atoms. The molecule has 9 heteroatoms. The molecular formula is C17H20N3O5P. The number of rotatable bonds is 2. The first-order valence-electron chi connectivity index (χ1n) is 7.23. The molecule has 0 aliphatic rings. The van der Waals surface area contributed by atoms with Gasteiger partial charge in [-0.15, -0.1) is 0 Å². The van der Waals surface area contributed by atoms with Crippen LogP contribution in [0.2, 0.25) is 0 Å². The molecule has 3 heterocycles. The van der Waals surface area contributed by atoms with Crippen LogP contribution >= 0.6 is 7.60 Å². The minimum Gasteiger partial charge on any atom is -0.481 e. The summed E-state index contributed by atoms with van der Waals surface area (Å²) in [7, 11) is -4.32.